The Morgan fingerprint density at radius 1 is 1.19 bits per heavy atom. The summed E-state index contributed by atoms with van der Waals surface area (Å²) in [6.07, 6.45) is -1.78. The van der Waals surface area contributed by atoms with E-state index in [2.05, 4.69) is 12.2 Å². The first-order valence-electron chi connectivity index (χ1n) is 4.91. The first-order valence-corrected chi connectivity index (χ1v) is 4.91. The maximum Gasteiger partial charge on any atom is 0.335 e. The van der Waals surface area contributed by atoms with Crippen LogP contribution in [0.25, 0.3) is 0 Å². The molecule has 0 spiro atoms. The van der Waals surface area contributed by atoms with Crippen LogP contribution in [0.4, 0.5) is 0 Å². The van der Waals surface area contributed by atoms with Crippen LogP contribution in [0, 0.1) is 0 Å². The monoisotopic (exact) mass is 235 g/mol. The van der Waals surface area contributed by atoms with Crippen LogP contribution in [0.15, 0.2) is 0 Å². The van der Waals surface area contributed by atoms with Gasteiger partial charge in [0.15, 0.2) is 12.2 Å². The molecule has 1 heterocycles. The van der Waals surface area contributed by atoms with Crippen molar-refractivity contribution >= 4 is 11.9 Å². The number of nitrogens with one attached hydrogen (secondary N) is 1. The van der Waals surface area contributed by atoms with Crippen molar-refractivity contribution in [3.63, 3.8) is 0 Å². The van der Waals surface area contributed by atoms with E-state index in [1.165, 1.54) is 19.4 Å². The lowest BCUT2D eigenvalue weighted by atomic mass is 10.2. The first kappa shape index (κ1) is 14.8. The number of carboxylic acid groups (broad SMARTS) is 2. The number of hydrogen-bond donors (Lipinski definition) is 5. The van der Waals surface area contributed by atoms with Crippen LogP contribution in [0.2, 0.25) is 0 Å². The van der Waals surface area contributed by atoms with Crippen LogP contribution in [0.1, 0.15) is 19.8 Å². The molecule has 16 heavy (non-hydrogen) atoms. The molecule has 7 nitrogen and oxygen atoms in total. The zero-order chi connectivity index (χ0) is 12.7. The highest BCUT2D eigenvalue weighted by Crippen LogP contribution is 2.01. The molecule has 5 N–H and O–H groups in total. The van der Waals surface area contributed by atoms with Gasteiger partial charge in [0.05, 0.1) is 0 Å². The van der Waals surface area contributed by atoms with Gasteiger partial charge in [-0.3, -0.25) is 0 Å². The zero-order valence-corrected chi connectivity index (χ0v) is 8.96. The molecule has 7 heteroatoms. The van der Waals surface area contributed by atoms with Crippen molar-refractivity contribution in [2.75, 3.05) is 6.54 Å². The molecule has 0 aromatic carbocycles. The number of aliphatic hydroxyl groups excluding tert-OH is 2. The van der Waals surface area contributed by atoms with Crippen molar-refractivity contribution in [3.8, 4) is 0 Å². The molecule has 1 rings (SSSR count). The fraction of sp³-hybridized carbons (Fsp3) is 0.778. The summed E-state index contributed by atoms with van der Waals surface area (Å²) >= 11 is 0. The van der Waals surface area contributed by atoms with E-state index in [1.807, 2.05) is 0 Å². The fourth-order valence-electron chi connectivity index (χ4n) is 1.13. The molecule has 0 amide bonds. The number of rotatable bonds is 3. The molecular weight excluding hydrogens is 218 g/mol. The van der Waals surface area contributed by atoms with Gasteiger partial charge in [-0.05, 0) is 26.3 Å². The van der Waals surface area contributed by atoms with Crippen LogP contribution in [0.5, 0.6) is 0 Å². The Bertz CT molecular complexity index is 220. The van der Waals surface area contributed by atoms with Gasteiger partial charge < -0.3 is 25.7 Å². The smallest absolute Gasteiger partial charge is 0.335 e. The molecule has 94 valence electrons. The highest BCUT2D eigenvalue weighted by Gasteiger charge is 2.29. The molecular formula is C9H17NO6. The maximum atomic E-state index is 9.77. The van der Waals surface area contributed by atoms with E-state index in [9.17, 15) is 9.59 Å². The molecule has 1 aliphatic rings. The standard InChI is InChI=1S/C5H11N.C4H6O6/c1-5-3-2-4-6-5;5-1(3(7)8)2(6)4(9)10/h5-6H,2-4H2,1H3;1-2,5-6H,(H,7,8)(H,9,10)/t5-;1-,2-/m01/s1. The quantitative estimate of drug-likeness (QED) is 0.408. The lowest BCUT2D eigenvalue weighted by Crippen LogP contribution is -2.39. The number of carboxylic acids is 2. The Morgan fingerprint density at radius 2 is 1.62 bits per heavy atom. The number of hydrogen-bond acceptors (Lipinski definition) is 5. The second-order valence-electron chi connectivity index (χ2n) is 3.56. The molecule has 0 radical (unpaired) electrons. The topological polar surface area (TPSA) is 127 Å². The highest BCUT2D eigenvalue weighted by atomic mass is 16.4. The summed E-state index contributed by atoms with van der Waals surface area (Å²) in [4.78, 5) is 19.5. The lowest BCUT2D eigenvalue weighted by Gasteiger charge is -2.07. The summed E-state index contributed by atoms with van der Waals surface area (Å²) in [6.45, 7) is 3.47. The Hall–Kier alpha value is -1.18. The summed E-state index contributed by atoms with van der Waals surface area (Å²) in [5.74, 6) is -3.54. The van der Waals surface area contributed by atoms with Gasteiger partial charge in [-0.2, -0.15) is 0 Å². The second kappa shape index (κ2) is 7.15. The summed E-state index contributed by atoms with van der Waals surface area (Å²) < 4.78 is 0. The molecule has 1 fully saturated rings. The van der Waals surface area contributed by atoms with Gasteiger partial charge in [0.1, 0.15) is 0 Å². The van der Waals surface area contributed by atoms with E-state index in [0.29, 0.717) is 0 Å². The van der Waals surface area contributed by atoms with E-state index in [0.717, 1.165) is 6.04 Å². The van der Waals surface area contributed by atoms with Gasteiger partial charge >= 0.3 is 11.9 Å². The molecule has 1 aliphatic heterocycles. The number of aliphatic carboxylic acids is 2. The first-order chi connectivity index (χ1) is 7.36. The molecule has 1 saturated heterocycles. The lowest BCUT2D eigenvalue weighted by molar-refractivity contribution is -0.165. The second-order valence-corrected chi connectivity index (χ2v) is 3.56. The fourth-order valence-corrected chi connectivity index (χ4v) is 1.13. The Labute approximate surface area is 92.7 Å². The highest BCUT2D eigenvalue weighted by molar-refractivity contribution is 5.83. The van der Waals surface area contributed by atoms with Gasteiger partial charge in [-0.25, -0.2) is 9.59 Å². The Morgan fingerprint density at radius 3 is 1.75 bits per heavy atom. The molecule has 0 aliphatic carbocycles. The van der Waals surface area contributed by atoms with Gasteiger partial charge in [-0.1, -0.05) is 0 Å². The molecule has 0 saturated carbocycles. The van der Waals surface area contributed by atoms with Crippen LogP contribution >= 0.6 is 0 Å². The third kappa shape index (κ3) is 5.64. The summed E-state index contributed by atoms with van der Waals surface area (Å²) in [6, 6.07) is 0.796. The average Bonchev–Trinajstić information content (AvgIpc) is 2.67. The third-order valence-corrected chi connectivity index (χ3v) is 2.11. The Kier molecular flexibility index (Phi) is 6.63. The largest absolute Gasteiger partial charge is 0.479 e. The summed E-state index contributed by atoms with van der Waals surface area (Å²) in [5.41, 5.74) is 0. The van der Waals surface area contributed by atoms with E-state index >= 15 is 0 Å². The normalized spacial score (nSPS) is 22.8. The van der Waals surface area contributed by atoms with Crippen LogP contribution < -0.4 is 5.32 Å². The zero-order valence-electron chi connectivity index (χ0n) is 8.96. The van der Waals surface area contributed by atoms with Crippen molar-refractivity contribution in [2.45, 2.75) is 38.0 Å². The molecule has 3 atom stereocenters. The minimum Gasteiger partial charge on any atom is -0.479 e. The van der Waals surface area contributed by atoms with E-state index in [4.69, 9.17) is 20.4 Å². The van der Waals surface area contributed by atoms with Gasteiger partial charge in [-0.15, -0.1) is 0 Å². The van der Waals surface area contributed by atoms with Crippen LogP contribution in [-0.4, -0.2) is 57.2 Å². The van der Waals surface area contributed by atoms with Crippen molar-refractivity contribution in [1.29, 1.82) is 0 Å². The number of aliphatic hydroxyl groups is 2. The minimum absolute atomic E-state index is 0.796. The predicted molar refractivity (Wildman–Crippen MR) is 54.0 cm³/mol. The third-order valence-electron chi connectivity index (χ3n) is 2.11. The van der Waals surface area contributed by atoms with Crippen molar-refractivity contribution < 1.29 is 30.0 Å². The predicted octanol–water partition coefficient (Wildman–Crippen LogP) is -1.36. The summed E-state index contributed by atoms with van der Waals surface area (Å²) in [7, 11) is 0. The van der Waals surface area contributed by atoms with Gasteiger partial charge in [0.2, 0.25) is 0 Å². The molecule has 0 unspecified atom stereocenters. The van der Waals surface area contributed by atoms with Crippen molar-refractivity contribution in [2.24, 2.45) is 0 Å². The minimum atomic E-state index is -2.27. The molecule has 0 bridgehead atoms. The van der Waals surface area contributed by atoms with Crippen LogP contribution in [-0.2, 0) is 9.59 Å². The number of carbonyl (C=O) groups is 2. The van der Waals surface area contributed by atoms with E-state index in [1.54, 1.807) is 0 Å². The van der Waals surface area contributed by atoms with Gasteiger partial charge in [0, 0.05) is 6.04 Å². The van der Waals surface area contributed by atoms with E-state index < -0.39 is 24.1 Å². The Balaban J connectivity index is 0.000000315. The maximum absolute atomic E-state index is 9.77. The van der Waals surface area contributed by atoms with Gasteiger partial charge in [0.25, 0.3) is 0 Å². The molecule has 0 aromatic heterocycles. The summed E-state index contributed by atoms with van der Waals surface area (Å²) in [5, 5.41) is 35.8. The van der Waals surface area contributed by atoms with Crippen LogP contribution in [0.3, 0.4) is 0 Å². The average molecular weight is 235 g/mol. The SMILES string of the molecule is C[C@H]1CCCN1.O=C(O)[C@H](O)[C@@H](O)C(=O)O. The molecule has 0 aromatic rings. The van der Waals surface area contributed by atoms with E-state index in [-0.39, 0.29) is 0 Å². The van der Waals surface area contributed by atoms with Crippen molar-refractivity contribution in [3.05, 3.63) is 0 Å². The van der Waals surface area contributed by atoms with Crippen molar-refractivity contribution in [1.82, 2.24) is 5.32 Å².